The number of imidazole rings is 1. The van der Waals surface area contributed by atoms with Gasteiger partial charge in [-0.1, -0.05) is 30.3 Å². The summed E-state index contributed by atoms with van der Waals surface area (Å²) in [5.74, 6) is -0.248. The molecule has 0 bridgehead atoms. The Labute approximate surface area is 273 Å². The van der Waals surface area contributed by atoms with Crippen molar-refractivity contribution in [3.05, 3.63) is 54.1 Å². The van der Waals surface area contributed by atoms with Crippen molar-refractivity contribution in [3.63, 3.8) is 0 Å². The first-order valence-corrected chi connectivity index (χ1v) is 18.8. The zero-order valence-electron chi connectivity index (χ0n) is 26.0. The highest BCUT2D eigenvalue weighted by Crippen LogP contribution is 2.33. The van der Waals surface area contributed by atoms with Gasteiger partial charge in [-0.25, -0.2) is 26.6 Å². The zero-order chi connectivity index (χ0) is 33.3. The summed E-state index contributed by atoms with van der Waals surface area (Å²) in [6.45, 7) is 1.79. The number of aliphatic hydroxyl groups is 1. The number of alkyl carbamates (subject to hydrolysis) is 1. The molecule has 2 saturated heterocycles. The normalized spacial score (nSPS) is 23.1. The van der Waals surface area contributed by atoms with Gasteiger partial charge in [0.1, 0.15) is 23.9 Å². The number of amides is 1. The van der Waals surface area contributed by atoms with Crippen molar-refractivity contribution in [2.75, 3.05) is 24.2 Å². The van der Waals surface area contributed by atoms with Crippen molar-refractivity contribution >= 4 is 43.1 Å². The van der Waals surface area contributed by atoms with E-state index >= 15 is 0 Å². The highest BCUT2D eigenvalue weighted by atomic mass is 32.2. The lowest BCUT2D eigenvalue weighted by Gasteiger charge is -2.33. The predicted octanol–water partition coefficient (Wildman–Crippen LogP) is 2.16. The maximum Gasteiger partial charge on any atom is 0.408 e. The molecule has 3 aromatic rings. The van der Waals surface area contributed by atoms with Crippen molar-refractivity contribution in [1.29, 1.82) is 0 Å². The number of hydrogen-bond donors (Lipinski definition) is 3. The first-order valence-electron chi connectivity index (χ1n) is 15.5. The van der Waals surface area contributed by atoms with E-state index in [-0.39, 0.29) is 41.5 Å². The molecule has 0 radical (unpaired) electrons. The number of rotatable bonds is 12. The standard InChI is InChI=1S/C30H39N5O10S2/c1-19(36)27(32-30(37)44-26-18-43-28-23(26)14-15-42-28)34(17-20-8-4-3-5-9-20)47(40,41)22-12-13-24-25(16-22)35(45-21-10-6-7-11-21)29(31-24)33-46(2,38)39/h3-5,8-9,12-13,16,19,21,23,26-28,36H,6-7,10-11,14-15,17-18H2,1-2H3,(H,31,33)(H,32,37)/t19-,23+,26+,27+,28-/m1/s1. The van der Waals surface area contributed by atoms with Crippen LogP contribution in [-0.4, -0.2) is 92.3 Å². The Morgan fingerprint density at radius 2 is 1.85 bits per heavy atom. The average Bonchev–Trinajstić information content (AvgIpc) is 3.82. The van der Waals surface area contributed by atoms with E-state index in [0.29, 0.717) is 24.1 Å². The lowest BCUT2D eigenvalue weighted by Crippen LogP contribution is -2.56. The van der Waals surface area contributed by atoms with Gasteiger partial charge in [-0.05, 0) is 62.8 Å². The first-order chi connectivity index (χ1) is 22.4. The highest BCUT2D eigenvalue weighted by Gasteiger charge is 2.44. The molecule has 1 aliphatic carbocycles. The van der Waals surface area contributed by atoms with Crippen molar-refractivity contribution < 1.29 is 45.8 Å². The second-order valence-electron chi connectivity index (χ2n) is 12.1. The number of aromatic nitrogens is 2. The Hall–Kier alpha value is -3.48. The summed E-state index contributed by atoms with van der Waals surface area (Å²) in [5, 5.41) is 13.5. The van der Waals surface area contributed by atoms with Crippen LogP contribution < -0.4 is 14.9 Å². The number of nitrogens with one attached hydrogen (secondary N) is 2. The molecule has 15 nitrogen and oxygen atoms in total. The number of nitrogens with zero attached hydrogens (tertiary/aromatic N) is 3. The number of ether oxygens (including phenoxy) is 3. The van der Waals surface area contributed by atoms with Crippen LogP contribution in [0, 0.1) is 5.92 Å². The Balaban J connectivity index is 1.35. The van der Waals surface area contributed by atoms with E-state index in [1.54, 1.807) is 30.3 Å². The van der Waals surface area contributed by atoms with Gasteiger partial charge in [-0.2, -0.15) is 4.31 Å². The third kappa shape index (κ3) is 7.49. The molecule has 256 valence electrons. The van der Waals surface area contributed by atoms with E-state index in [0.717, 1.165) is 36.2 Å². The van der Waals surface area contributed by atoms with Crippen molar-refractivity contribution in [3.8, 4) is 0 Å². The molecule has 47 heavy (non-hydrogen) atoms. The minimum absolute atomic E-state index is 0.109. The smallest absolute Gasteiger partial charge is 0.408 e. The molecule has 0 unspecified atom stereocenters. The Morgan fingerprint density at radius 1 is 1.11 bits per heavy atom. The summed E-state index contributed by atoms with van der Waals surface area (Å²) in [4.78, 5) is 23.5. The van der Waals surface area contributed by atoms with Gasteiger partial charge >= 0.3 is 6.09 Å². The summed E-state index contributed by atoms with van der Waals surface area (Å²) < 4.78 is 74.5. The fourth-order valence-corrected chi connectivity index (χ4v) is 8.26. The number of benzene rings is 2. The zero-order valence-corrected chi connectivity index (χ0v) is 27.7. The minimum atomic E-state index is -4.47. The number of carbonyl (C=O) groups excluding carboxylic acids is 1. The van der Waals surface area contributed by atoms with Gasteiger partial charge in [0.15, 0.2) is 6.29 Å². The van der Waals surface area contributed by atoms with Crippen LogP contribution in [-0.2, 0) is 40.8 Å². The molecule has 3 aliphatic rings. The van der Waals surface area contributed by atoms with Crippen LogP contribution in [0.1, 0.15) is 44.6 Å². The summed E-state index contributed by atoms with van der Waals surface area (Å²) >= 11 is 0. The molecule has 2 aromatic carbocycles. The number of carbonyl (C=O) groups is 1. The van der Waals surface area contributed by atoms with Gasteiger partial charge in [-0.3, -0.25) is 4.72 Å². The SMILES string of the molecule is C[C@@H](O)[C@@H](NC(=O)O[C@H]1CO[C@H]2OCC[C@H]21)N(Cc1ccccc1)S(=O)(=O)c1ccc2nc(NS(C)(=O)=O)n(OC3CCCC3)c2c1. The van der Waals surface area contributed by atoms with Crippen LogP contribution in [0.2, 0.25) is 0 Å². The fourth-order valence-electron chi connectivity index (χ4n) is 6.18. The van der Waals surface area contributed by atoms with Gasteiger partial charge in [0.2, 0.25) is 20.0 Å². The lowest BCUT2D eigenvalue weighted by atomic mass is 10.0. The second-order valence-corrected chi connectivity index (χ2v) is 15.7. The molecule has 1 amide bonds. The topological polar surface area (TPSA) is 188 Å². The van der Waals surface area contributed by atoms with E-state index in [9.17, 15) is 26.7 Å². The average molecular weight is 694 g/mol. The molecular weight excluding hydrogens is 654 g/mol. The summed E-state index contributed by atoms with van der Waals surface area (Å²) in [7, 11) is -8.22. The van der Waals surface area contributed by atoms with Gasteiger partial charge in [0, 0.05) is 6.54 Å². The van der Waals surface area contributed by atoms with Gasteiger partial charge in [-0.15, -0.1) is 4.73 Å². The number of sulfonamides is 2. The maximum atomic E-state index is 14.5. The Kier molecular flexibility index (Phi) is 9.64. The Bertz CT molecular complexity index is 1800. The number of fused-ring (bicyclic) bond motifs is 2. The molecule has 3 heterocycles. The molecule has 5 atom stereocenters. The van der Waals surface area contributed by atoms with Gasteiger partial charge < -0.3 is 29.5 Å². The van der Waals surface area contributed by atoms with Crippen LogP contribution in [0.3, 0.4) is 0 Å². The van der Waals surface area contributed by atoms with Crippen LogP contribution in [0.25, 0.3) is 11.0 Å². The molecule has 1 saturated carbocycles. The third-order valence-corrected chi connectivity index (χ3v) is 10.9. The van der Waals surface area contributed by atoms with E-state index in [2.05, 4.69) is 15.0 Å². The molecule has 3 fully saturated rings. The number of aliphatic hydroxyl groups excluding tert-OH is 1. The van der Waals surface area contributed by atoms with Gasteiger partial charge in [0.25, 0.3) is 5.95 Å². The van der Waals surface area contributed by atoms with Crippen LogP contribution in [0.5, 0.6) is 0 Å². The summed E-state index contributed by atoms with van der Waals surface area (Å²) in [6, 6.07) is 12.9. The molecule has 3 N–H and O–H groups in total. The first kappa shape index (κ1) is 33.4. The van der Waals surface area contributed by atoms with Crippen LogP contribution >= 0.6 is 0 Å². The molecule has 1 aromatic heterocycles. The van der Waals surface area contributed by atoms with E-state index < -0.39 is 50.8 Å². The second kappa shape index (κ2) is 13.6. The predicted molar refractivity (Wildman–Crippen MR) is 169 cm³/mol. The number of hydrogen-bond acceptors (Lipinski definition) is 11. The molecular formula is C30H39N5O10S2. The Morgan fingerprint density at radius 3 is 2.55 bits per heavy atom. The van der Waals surface area contributed by atoms with E-state index in [4.69, 9.17) is 19.0 Å². The van der Waals surface area contributed by atoms with Crippen molar-refractivity contribution in [2.24, 2.45) is 5.92 Å². The quantitative estimate of drug-likeness (QED) is 0.236. The van der Waals surface area contributed by atoms with E-state index in [1.807, 2.05) is 0 Å². The highest BCUT2D eigenvalue weighted by molar-refractivity contribution is 7.92. The third-order valence-electron chi connectivity index (χ3n) is 8.48. The fraction of sp³-hybridized carbons (Fsp3) is 0.533. The van der Waals surface area contributed by atoms with Crippen LogP contribution in [0.15, 0.2) is 53.4 Å². The van der Waals surface area contributed by atoms with Crippen molar-refractivity contribution in [2.45, 2.75) is 81.2 Å². The number of anilines is 1. The molecule has 2 aliphatic heterocycles. The summed E-state index contributed by atoms with van der Waals surface area (Å²) in [5.41, 5.74) is 1.12. The molecule has 0 spiro atoms. The maximum absolute atomic E-state index is 14.5. The molecule has 17 heteroatoms. The monoisotopic (exact) mass is 693 g/mol. The lowest BCUT2D eigenvalue weighted by molar-refractivity contribution is -0.0907. The largest absolute Gasteiger partial charge is 0.443 e. The molecule has 6 rings (SSSR count). The van der Waals surface area contributed by atoms with Gasteiger partial charge in [0.05, 0.1) is 41.9 Å². The van der Waals surface area contributed by atoms with Crippen LogP contribution in [0.4, 0.5) is 10.7 Å². The summed E-state index contributed by atoms with van der Waals surface area (Å²) in [6.07, 6.45) is 0.0435. The minimum Gasteiger partial charge on any atom is -0.443 e. The van der Waals surface area contributed by atoms with E-state index in [1.165, 1.54) is 29.9 Å². The van der Waals surface area contributed by atoms with Crippen molar-refractivity contribution in [1.82, 2.24) is 19.3 Å².